The summed E-state index contributed by atoms with van der Waals surface area (Å²) in [6.45, 7) is 2.47. The maximum atomic E-state index is 13.3. The largest absolute Gasteiger partial charge is 0.416 e. The summed E-state index contributed by atoms with van der Waals surface area (Å²) < 4.78 is 50.8. The minimum Gasteiger partial charge on any atom is -0.341 e. The van der Waals surface area contributed by atoms with Crippen molar-refractivity contribution in [3.05, 3.63) is 35.3 Å². The van der Waals surface area contributed by atoms with Gasteiger partial charge >= 0.3 is 12.2 Å². The molecule has 102 valence electrons. The summed E-state index contributed by atoms with van der Waals surface area (Å²) in [5.74, 6) is -0.956. The molecule has 2 N–H and O–H groups in total. The summed E-state index contributed by atoms with van der Waals surface area (Å²) in [5.41, 5.74) is -1.60. The molecule has 3 nitrogen and oxygen atoms in total. The quantitative estimate of drug-likeness (QED) is 0.598. The van der Waals surface area contributed by atoms with Crippen LogP contribution >= 0.6 is 0 Å². The number of hydrogen-bond acceptors (Lipinski definition) is 1. The number of carbonyl (C=O) groups is 1. The summed E-state index contributed by atoms with van der Waals surface area (Å²) >= 11 is 0. The lowest BCUT2D eigenvalue weighted by Crippen LogP contribution is -2.32. The number of nitrogens with one attached hydrogen (secondary N) is 2. The van der Waals surface area contributed by atoms with Gasteiger partial charge in [0.25, 0.3) is 0 Å². The Morgan fingerprint density at radius 2 is 1.72 bits per heavy atom. The smallest absolute Gasteiger partial charge is 0.341 e. The van der Waals surface area contributed by atoms with Gasteiger partial charge in [0.05, 0.1) is 11.3 Å². The van der Waals surface area contributed by atoms with Crippen molar-refractivity contribution in [2.45, 2.75) is 20.0 Å². The Bertz CT molecular complexity index is 394. The van der Waals surface area contributed by atoms with Crippen molar-refractivity contribution >= 4 is 6.03 Å². The fourth-order valence-corrected chi connectivity index (χ4v) is 0.989. The van der Waals surface area contributed by atoms with Gasteiger partial charge in [0.15, 0.2) is 0 Å². The van der Waals surface area contributed by atoms with E-state index in [0.717, 1.165) is 12.2 Å². The molecule has 0 saturated carbocycles. The van der Waals surface area contributed by atoms with Crippen LogP contribution in [0.1, 0.15) is 13.8 Å². The monoisotopic (exact) mass is 266 g/mol. The Hall–Kier alpha value is -1.79. The van der Waals surface area contributed by atoms with Crippen LogP contribution in [0.5, 0.6) is 0 Å². The number of carbonyl (C=O) groups excluding carboxylic acids is 1. The van der Waals surface area contributed by atoms with Gasteiger partial charge in [-0.15, -0.1) is 0 Å². The van der Waals surface area contributed by atoms with Gasteiger partial charge < -0.3 is 10.6 Å². The maximum absolute atomic E-state index is 13.3. The molecule has 0 unspecified atom stereocenters. The third-order valence-electron chi connectivity index (χ3n) is 1.92. The molecule has 18 heavy (non-hydrogen) atoms. The normalized spacial score (nSPS) is 14.5. The molecule has 0 aromatic heterocycles. The topological polar surface area (TPSA) is 41.1 Å². The van der Waals surface area contributed by atoms with Gasteiger partial charge in [0, 0.05) is 7.05 Å². The molecule has 2 amide bonds. The summed E-state index contributed by atoms with van der Waals surface area (Å²) in [7, 11) is 1.26. The van der Waals surface area contributed by atoms with Gasteiger partial charge in [-0.05, 0) is 26.0 Å². The number of allylic oxidation sites excluding steroid dienone is 5. The maximum Gasteiger partial charge on any atom is 0.416 e. The zero-order valence-electron chi connectivity index (χ0n) is 10.2. The van der Waals surface area contributed by atoms with Gasteiger partial charge in [-0.3, -0.25) is 0 Å². The SMILES string of the molecule is C\C=C(F)/C(=C\C(=C/C)C(F)(F)F)NC(=O)NC. The van der Waals surface area contributed by atoms with E-state index in [1.54, 1.807) is 0 Å². The highest BCUT2D eigenvalue weighted by Gasteiger charge is 2.32. The summed E-state index contributed by atoms with van der Waals surface area (Å²) in [6, 6.07) is -0.809. The van der Waals surface area contributed by atoms with E-state index >= 15 is 0 Å². The van der Waals surface area contributed by atoms with Gasteiger partial charge in [0.2, 0.25) is 0 Å². The highest BCUT2D eigenvalue weighted by molar-refractivity contribution is 5.76. The fourth-order valence-electron chi connectivity index (χ4n) is 0.989. The number of urea groups is 1. The molecule has 0 aromatic carbocycles. The van der Waals surface area contributed by atoms with E-state index in [-0.39, 0.29) is 0 Å². The van der Waals surface area contributed by atoms with Crippen LogP contribution in [-0.2, 0) is 0 Å². The average molecular weight is 266 g/mol. The standard InChI is InChI=1S/C11H14F4N2O/c1-4-7(11(13,14)15)6-9(8(12)5-2)17-10(18)16-3/h4-6H,1-3H3,(H2,16,17,18)/b7-4+,8-5+,9-6+. The molecule has 0 saturated heterocycles. The van der Waals surface area contributed by atoms with Crippen molar-refractivity contribution in [3.63, 3.8) is 0 Å². The van der Waals surface area contributed by atoms with Crippen LogP contribution in [0.25, 0.3) is 0 Å². The molecule has 7 heteroatoms. The van der Waals surface area contributed by atoms with Crippen molar-refractivity contribution in [2.24, 2.45) is 0 Å². The lowest BCUT2D eigenvalue weighted by Gasteiger charge is -2.11. The zero-order valence-corrected chi connectivity index (χ0v) is 10.2. The van der Waals surface area contributed by atoms with Crippen molar-refractivity contribution < 1.29 is 22.4 Å². The van der Waals surface area contributed by atoms with Crippen LogP contribution in [0.15, 0.2) is 35.3 Å². The minimum atomic E-state index is -4.61. The van der Waals surface area contributed by atoms with Crippen LogP contribution in [0.2, 0.25) is 0 Å². The van der Waals surface area contributed by atoms with Crippen LogP contribution < -0.4 is 10.6 Å². The molecular formula is C11H14F4N2O. The number of halogens is 4. The summed E-state index contributed by atoms with van der Waals surface area (Å²) in [4.78, 5) is 11.0. The molecular weight excluding hydrogens is 252 g/mol. The third kappa shape index (κ3) is 5.03. The molecule has 0 spiro atoms. The molecule has 0 aliphatic carbocycles. The molecule has 0 bridgehead atoms. The third-order valence-corrected chi connectivity index (χ3v) is 1.92. The lowest BCUT2D eigenvalue weighted by atomic mass is 10.2. The minimum absolute atomic E-state index is 0.532. The van der Waals surface area contributed by atoms with E-state index in [2.05, 4.69) is 5.32 Å². The van der Waals surface area contributed by atoms with Crippen LogP contribution in [-0.4, -0.2) is 19.3 Å². The molecule has 0 rings (SSSR count). The van der Waals surface area contributed by atoms with Crippen LogP contribution in [0.4, 0.5) is 22.4 Å². The highest BCUT2D eigenvalue weighted by atomic mass is 19.4. The molecule has 0 aromatic rings. The van der Waals surface area contributed by atoms with Gasteiger partial charge in [-0.2, -0.15) is 13.2 Å². The Balaban J connectivity index is 5.38. The first-order valence-corrected chi connectivity index (χ1v) is 5.02. The second-order valence-electron chi connectivity index (χ2n) is 3.14. The first kappa shape index (κ1) is 16.2. The Kier molecular flexibility index (Phi) is 6.15. The van der Waals surface area contributed by atoms with Crippen LogP contribution in [0.3, 0.4) is 0 Å². The first-order chi connectivity index (χ1) is 8.26. The van der Waals surface area contributed by atoms with Crippen LogP contribution in [0, 0.1) is 0 Å². The second-order valence-corrected chi connectivity index (χ2v) is 3.14. The summed E-state index contributed by atoms with van der Waals surface area (Å²) in [5, 5.41) is 4.10. The zero-order chi connectivity index (χ0) is 14.3. The van der Waals surface area contributed by atoms with Gasteiger partial charge in [-0.1, -0.05) is 6.08 Å². The fraction of sp³-hybridized carbons (Fsp3) is 0.364. The Morgan fingerprint density at radius 3 is 2.06 bits per heavy atom. The van der Waals surface area contributed by atoms with Crippen molar-refractivity contribution in [1.82, 2.24) is 10.6 Å². The van der Waals surface area contributed by atoms with Crippen molar-refractivity contribution in [3.8, 4) is 0 Å². The number of hydrogen-bond donors (Lipinski definition) is 2. The molecule has 0 aliphatic heterocycles. The van der Waals surface area contributed by atoms with Gasteiger partial charge in [0.1, 0.15) is 5.83 Å². The van der Waals surface area contributed by atoms with Crippen molar-refractivity contribution in [2.75, 3.05) is 7.05 Å². The first-order valence-electron chi connectivity index (χ1n) is 5.02. The molecule has 0 radical (unpaired) electrons. The Labute approximate surface area is 102 Å². The predicted molar refractivity (Wildman–Crippen MR) is 60.4 cm³/mol. The van der Waals surface area contributed by atoms with E-state index in [4.69, 9.17) is 0 Å². The average Bonchev–Trinajstić information content (AvgIpc) is 2.31. The van der Waals surface area contributed by atoms with Crippen molar-refractivity contribution in [1.29, 1.82) is 0 Å². The van der Waals surface area contributed by atoms with E-state index in [0.29, 0.717) is 6.08 Å². The molecule has 0 aliphatic rings. The highest BCUT2D eigenvalue weighted by Crippen LogP contribution is 2.28. The predicted octanol–water partition coefficient (Wildman–Crippen LogP) is 3.18. The van der Waals surface area contributed by atoms with E-state index in [9.17, 15) is 22.4 Å². The number of alkyl halides is 3. The van der Waals surface area contributed by atoms with E-state index in [1.165, 1.54) is 20.9 Å². The molecule has 0 heterocycles. The number of rotatable bonds is 3. The summed E-state index contributed by atoms with van der Waals surface area (Å²) in [6.07, 6.45) is -2.34. The Morgan fingerprint density at radius 1 is 1.17 bits per heavy atom. The molecule has 0 fully saturated rings. The van der Waals surface area contributed by atoms with E-state index < -0.39 is 29.3 Å². The molecule has 0 atom stereocenters. The lowest BCUT2D eigenvalue weighted by molar-refractivity contribution is -0.0884. The number of amides is 2. The van der Waals surface area contributed by atoms with E-state index in [1.807, 2.05) is 5.32 Å². The second kappa shape index (κ2) is 6.83. The van der Waals surface area contributed by atoms with Gasteiger partial charge in [-0.25, -0.2) is 9.18 Å².